The molecule has 0 aromatic heterocycles. The Hall–Kier alpha value is -2.82. The van der Waals surface area contributed by atoms with Gasteiger partial charge in [0.25, 0.3) is 0 Å². The average Bonchev–Trinajstić information content (AvgIpc) is 2.73. The molecule has 0 radical (unpaired) electrons. The van der Waals surface area contributed by atoms with Crippen molar-refractivity contribution in [3.05, 3.63) is 96.1 Å². The van der Waals surface area contributed by atoms with Gasteiger partial charge in [0, 0.05) is 0 Å². The van der Waals surface area contributed by atoms with Gasteiger partial charge in [0.1, 0.15) is 30.8 Å². The third-order valence-corrected chi connectivity index (χ3v) is 3.94. The lowest BCUT2D eigenvalue weighted by molar-refractivity contribution is 0.00548. The zero-order valence-corrected chi connectivity index (χ0v) is 15.2. The Bertz CT molecular complexity index is 772. The van der Waals surface area contributed by atoms with E-state index in [2.05, 4.69) is 0 Å². The van der Waals surface area contributed by atoms with Crippen molar-refractivity contribution < 1.29 is 19.3 Å². The minimum absolute atomic E-state index is 0.180. The molecule has 3 rings (SSSR count). The fourth-order valence-electron chi connectivity index (χ4n) is 2.50. The number of hydrogen-bond acceptors (Lipinski definition) is 4. The highest BCUT2D eigenvalue weighted by atomic mass is 16.5. The quantitative estimate of drug-likeness (QED) is 0.585. The smallest absolute Gasteiger partial charge is 0.120 e. The van der Waals surface area contributed by atoms with Gasteiger partial charge in [-0.2, -0.15) is 0 Å². The van der Waals surface area contributed by atoms with E-state index in [9.17, 15) is 5.11 Å². The van der Waals surface area contributed by atoms with Crippen LogP contribution in [0, 0.1) is 0 Å². The first-order valence-corrected chi connectivity index (χ1v) is 8.99. The maximum absolute atomic E-state index is 9.98. The van der Waals surface area contributed by atoms with Crippen LogP contribution < -0.4 is 9.47 Å². The van der Waals surface area contributed by atoms with Crippen LogP contribution in [0.25, 0.3) is 0 Å². The Kier molecular flexibility index (Phi) is 7.27. The van der Waals surface area contributed by atoms with E-state index in [1.54, 1.807) is 0 Å². The summed E-state index contributed by atoms with van der Waals surface area (Å²) in [5, 5.41) is 9.98. The molecule has 0 saturated heterocycles. The van der Waals surface area contributed by atoms with Gasteiger partial charge in [0.05, 0.1) is 13.2 Å². The van der Waals surface area contributed by atoms with Crippen LogP contribution in [-0.2, 0) is 18.0 Å². The van der Waals surface area contributed by atoms with Gasteiger partial charge in [-0.1, -0.05) is 60.7 Å². The lowest BCUT2D eigenvalue weighted by Crippen LogP contribution is -2.23. The summed E-state index contributed by atoms with van der Waals surface area (Å²) >= 11 is 0. The van der Waals surface area contributed by atoms with E-state index in [1.807, 2.05) is 84.9 Å². The Labute approximate surface area is 160 Å². The number of hydrogen-bond donors (Lipinski definition) is 1. The molecule has 0 spiro atoms. The maximum Gasteiger partial charge on any atom is 0.120 e. The van der Waals surface area contributed by atoms with Gasteiger partial charge in [0.15, 0.2) is 0 Å². The van der Waals surface area contributed by atoms with E-state index in [-0.39, 0.29) is 13.2 Å². The van der Waals surface area contributed by atoms with Gasteiger partial charge in [-0.25, -0.2) is 0 Å². The molecular formula is C23H24O4. The van der Waals surface area contributed by atoms with E-state index in [4.69, 9.17) is 14.2 Å². The third kappa shape index (κ3) is 6.77. The zero-order chi connectivity index (χ0) is 18.7. The molecule has 27 heavy (non-hydrogen) atoms. The molecule has 140 valence electrons. The number of aliphatic hydroxyl groups is 1. The fourth-order valence-corrected chi connectivity index (χ4v) is 2.50. The molecule has 0 saturated carbocycles. The molecule has 3 aromatic rings. The van der Waals surface area contributed by atoms with Crippen LogP contribution in [0.5, 0.6) is 11.5 Å². The predicted octanol–water partition coefficient (Wildman–Crippen LogP) is 4.22. The Morgan fingerprint density at radius 2 is 1.11 bits per heavy atom. The summed E-state index contributed by atoms with van der Waals surface area (Å²) in [6.07, 6.45) is -0.678. The highest BCUT2D eigenvalue weighted by Gasteiger charge is 2.06. The molecule has 4 heteroatoms. The van der Waals surface area contributed by atoms with Crippen LogP contribution in [0.4, 0.5) is 0 Å². The topological polar surface area (TPSA) is 47.9 Å². The van der Waals surface area contributed by atoms with Gasteiger partial charge in [-0.15, -0.1) is 0 Å². The minimum atomic E-state index is -0.678. The first-order valence-electron chi connectivity index (χ1n) is 8.99. The normalized spacial score (nSPS) is 11.7. The molecule has 1 unspecified atom stereocenters. The molecule has 1 N–H and O–H groups in total. The molecule has 0 amide bonds. The lowest BCUT2D eigenvalue weighted by atomic mass is 10.2. The van der Waals surface area contributed by atoms with Crippen molar-refractivity contribution >= 4 is 0 Å². The maximum atomic E-state index is 9.98. The molecule has 1 atom stereocenters. The molecule has 3 aromatic carbocycles. The van der Waals surface area contributed by atoms with Gasteiger partial charge in [-0.05, 0) is 35.4 Å². The summed E-state index contributed by atoms with van der Waals surface area (Å²) in [5.74, 6) is 1.46. The second-order valence-electron chi connectivity index (χ2n) is 6.21. The summed E-state index contributed by atoms with van der Waals surface area (Å²) in [4.78, 5) is 0. The van der Waals surface area contributed by atoms with Gasteiger partial charge >= 0.3 is 0 Å². The summed E-state index contributed by atoms with van der Waals surface area (Å²) < 4.78 is 16.9. The van der Waals surface area contributed by atoms with Crippen LogP contribution in [-0.4, -0.2) is 24.4 Å². The molecule has 0 bridgehead atoms. The average molecular weight is 364 g/mol. The Morgan fingerprint density at radius 1 is 0.593 bits per heavy atom. The number of aliphatic hydroxyl groups excluding tert-OH is 1. The highest BCUT2D eigenvalue weighted by Crippen LogP contribution is 2.19. The van der Waals surface area contributed by atoms with E-state index >= 15 is 0 Å². The summed E-state index contributed by atoms with van der Waals surface area (Å²) in [6.45, 7) is 1.41. The van der Waals surface area contributed by atoms with E-state index in [0.717, 1.165) is 16.9 Å². The summed E-state index contributed by atoms with van der Waals surface area (Å²) in [6, 6.07) is 27.3. The van der Waals surface area contributed by atoms with Crippen molar-refractivity contribution in [3.8, 4) is 11.5 Å². The highest BCUT2D eigenvalue weighted by molar-refractivity contribution is 5.31. The van der Waals surface area contributed by atoms with E-state index in [1.165, 1.54) is 0 Å². The summed E-state index contributed by atoms with van der Waals surface area (Å²) in [7, 11) is 0. The molecule has 0 fully saturated rings. The van der Waals surface area contributed by atoms with Crippen LogP contribution >= 0.6 is 0 Å². The van der Waals surface area contributed by atoms with E-state index < -0.39 is 6.10 Å². The zero-order valence-electron chi connectivity index (χ0n) is 15.2. The third-order valence-electron chi connectivity index (χ3n) is 3.94. The Balaban J connectivity index is 1.35. The Morgan fingerprint density at radius 3 is 1.70 bits per heavy atom. The van der Waals surface area contributed by atoms with Gasteiger partial charge in [-0.3, -0.25) is 0 Å². The summed E-state index contributed by atoms with van der Waals surface area (Å²) in [5.41, 5.74) is 2.20. The number of rotatable bonds is 10. The van der Waals surface area contributed by atoms with Crippen molar-refractivity contribution in [2.24, 2.45) is 0 Å². The molecule has 0 aliphatic rings. The molecule has 0 aliphatic carbocycles. The van der Waals surface area contributed by atoms with Crippen LogP contribution in [0.15, 0.2) is 84.9 Å². The van der Waals surface area contributed by atoms with Gasteiger partial charge < -0.3 is 19.3 Å². The predicted molar refractivity (Wildman–Crippen MR) is 105 cm³/mol. The van der Waals surface area contributed by atoms with Crippen molar-refractivity contribution in [2.75, 3.05) is 13.2 Å². The first kappa shape index (κ1) is 19.0. The molecule has 0 aliphatic heterocycles. The van der Waals surface area contributed by atoms with Crippen molar-refractivity contribution in [2.45, 2.75) is 19.3 Å². The van der Waals surface area contributed by atoms with Crippen molar-refractivity contribution in [1.29, 1.82) is 0 Å². The first-order chi connectivity index (χ1) is 13.3. The van der Waals surface area contributed by atoms with Crippen molar-refractivity contribution in [1.82, 2.24) is 0 Å². The fraction of sp³-hybridized carbons (Fsp3) is 0.217. The standard InChI is InChI=1S/C23H24O4/c24-21(17-25-15-19-7-3-1-4-8-19)18-27-23-13-11-22(12-14-23)26-16-20-9-5-2-6-10-20/h1-14,21,24H,15-18H2. The molecular weight excluding hydrogens is 340 g/mol. The van der Waals surface area contributed by atoms with Crippen LogP contribution in [0.3, 0.4) is 0 Å². The van der Waals surface area contributed by atoms with Crippen LogP contribution in [0.2, 0.25) is 0 Å². The second kappa shape index (κ2) is 10.4. The van der Waals surface area contributed by atoms with Crippen LogP contribution in [0.1, 0.15) is 11.1 Å². The monoisotopic (exact) mass is 364 g/mol. The SMILES string of the molecule is OC(COCc1ccccc1)COc1ccc(OCc2ccccc2)cc1. The minimum Gasteiger partial charge on any atom is -0.491 e. The van der Waals surface area contributed by atoms with Gasteiger partial charge in [0.2, 0.25) is 0 Å². The molecule has 4 nitrogen and oxygen atoms in total. The largest absolute Gasteiger partial charge is 0.491 e. The van der Waals surface area contributed by atoms with Crippen molar-refractivity contribution in [3.63, 3.8) is 0 Å². The molecule has 0 heterocycles. The number of benzene rings is 3. The lowest BCUT2D eigenvalue weighted by Gasteiger charge is -2.13. The number of ether oxygens (including phenoxy) is 3. The second-order valence-corrected chi connectivity index (χ2v) is 6.21. The van der Waals surface area contributed by atoms with E-state index in [0.29, 0.717) is 19.0 Å².